The molecule has 0 aliphatic rings. The minimum absolute atomic E-state index is 0.159. The molecule has 0 unspecified atom stereocenters. The summed E-state index contributed by atoms with van der Waals surface area (Å²) in [5, 5.41) is 10.5. The molecule has 22 heavy (non-hydrogen) atoms. The molecule has 0 N–H and O–H groups in total. The summed E-state index contributed by atoms with van der Waals surface area (Å²) in [6, 6.07) is 1.89. The first-order valence-corrected chi connectivity index (χ1v) is 5.92. The first kappa shape index (κ1) is 16.0. The molecular formula is C12H5ClF4N2O3. The van der Waals surface area contributed by atoms with E-state index in [1.807, 2.05) is 0 Å². The molecule has 10 heteroatoms. The lowest BCUT2D eigenvalue weighted by Gasteiger charge is -2.11. The summed E-state index contributed by atoms with van der Waals surface area (Å²) < 4.78 is 57.7. The smallest absolute Gasteiger partial charge is 0.291 e. The Morgan fingerprint density at radius 3 is 2.23 bits per heavy atom. The van der Waals surface area contributed by atoms with Crippen molar-refractivity contribution < 1.29 is 27.2 Å². The van der Waals surface area contributed by atoms with Crippen molar-refractivity contribution in [3.63, 3.8) is 0 Å². The molecule has 2 rings (SSSR count). The van der Waals surface area contributed by atoms with Crippen molar-refractivity contribution in [2.24, 2.45) is 0 Å². The monoisotopic (exact) mass is 336 g/mol. The molecule has 0 aliphatic carbocycles. The zero-order chi connectivity index (χ0) is 16.6. The molecule has 2 aromatic rings. The Balaban J connectivity index is 2.57. The highest BCUT2D eigenvalue weighted by Crippen LogP contribution is 2.36. The summed E-state index contributed by atoms with van der Waals surface area (Å²) in [5.74, 6) is -9.33. The average molecular weight is 337 g/mol. The summed E-state index contributed by atoms with van der Waals surface area (Å²) in [4.78, 5) is 12.3. The van der Waals surface area contributed by atoms with E-state index in [1.54, 1.807) is 0 Å². The fourth-order valence-electron chi connectivity index (χ4n) is 1.56. The van der Waals surface area contributed by atoms with E-state index < -0.39 is 39.9 Å². The molecule has 0 aliphatic heterocycles. The van der Waals surface area contributed by atoms with Gasteiger partial charge in [0.25, 0.3) is 17.6 Å². The highest BCUT2D eigenvalue weighted by Gasteiger charge is 2.25. The summed E-state index contributed by atoms with van der Waals surface area (Å²) in [6.45, 7) is 1.37. The van der Waals surface area contributed by atoms with E-state index in [0.717, 1.165) is 12.1 Å². The van der Waals surface area contributed by atoms with Crippen LogP contribution in [0.1, 0.15) is 5.56 Å². The number of hydrogen-bond acceptors (Lipinski definition) is 4. The van der Waals surface area contributed by atoms with Crippen LogP contribution in [0, 0.1) is 40.6 Å². The fraction of sp³-hybridized carbons (Fsp3) is 0.0833. The van der Waals surface area contributed by atoms with E-state index in [-0.39, 0.29) is 16.3 Å². The third-order valence-electron chi connectivity index (χ3n) is 2.61. The summed E-state index contributed by atoms with van der Waals surface area (Å²) in [7, 11) is 0. The van der Waals surface area contributed by atoms with Crippen molar-refractivity contribution in [2.75, 3.05) is 0 Å². The van der Waals surface area contributed by atoms with Crippen LogP contribution in [-0.2, 0) is 0 Å². The number of benzene rings is 1. The third-order valence-corrected chi connectivity index (χ3v) is 2.91. The normalized spacial score (nSPS) is 10.6. The van der Waals surface area contributed by atoms with E-state index in [0.29, 0.717) is 0 Å². The Morgan fingerprint density at radius 1 is 1.18 bits per heavy atom. The number of hydrogen-bond donors (Lipinski definition) is 0. The number of aromatic nitrogens is 1. The minimum Gasteiger partial charge on any atom is -0.450 e. The number of pyridine rings is 1. The molecule has 116 valence electrons. The molecule has 0 amide bonds. The Hall–Kier alpha value is -2.42. The number of ether oxygens (including phenoxy) is 1. The second-order valence-electron chi connectivity index (χ2n) is 4.08. The van der Waals surface area contributed by atoms with Gasteiger partial charge in [0.15, 0.2) is 0 Å². The van der Waals surface area contributed by atoms with Crippen molar-refractivity contribution in [1.29, 1.82) is 0 Å². The minimum atomic E-state index is -1.91. The van der Waals surface area contributed by atoms with E-state index in [1.165, 1.54) is 6.92 Å². The molecule has 1 heterocycles. The number of nitro groups is 1. The molecular weight excluding hydrogens is 332 g/mol. The van der Waals surface area contributed by atoms with E-state index >= 15 is 0 Å². The van der Waals surface area contributed by atoms with Gasteiger partial charge in [0, 0.05) is 0 Å². The van der Waals surface area contributed by atoms with Crippen LogP contribution in [0.4, 0.5) is 23.2 Å². The standard InChI is InChI=1S/C12H5ClF4N2O3/c1-4-2-5(13)6(19(20)21)3-7(4)22-10-8(14)11(16)18-12(17)9(10)15/h2-3H,1H3. The zero-order valence-corrected chi connectivity index (χ0v) is 11.4. The van der Waals surface area contributed by atoms with Gasteiger partial charge in [-0.2, -0.15) is 22.5 Å². The van der Waals surface area contributed by atoms with E-state index in [9.17, 15) is 27.7 Å². The molecule has 0 radical (unpaired) electrons. The maximum atomic E-state index is 13.5. The lowest BCUT2D eigenvalue weighted by molar-refractivity contribution is -0.384. The number of nitro benzene ring substituents is 1. The summed E-state index contributed by atoms with van der Waals surface area (Å²) >= 11 is 5.64. The van der Waals surface area contributed by atoms with Crippen LogP contribution in [0.3, 0.4) is 0 Å². The Morgan fingerprint density at radius 2 is 1.73 bits per heavy atom. The maximum Gasteiger partial charge on any atom is 0.291 e. The van der Waals surface area contributed by atoms with Crippen LogP contribution in [0.25, 0.3) is 0 Å². The van der Waals surface area contributed by atoms with E-state index in [4.69, 9.17) is 16.3 Å². The van der Waals surface area contributed by atoms with Gasteiger partial charge in [-0.1, -0.05) is 11.6 Å². The van der Waals surface area contributed by atoms with Crippen LogP contribution in [0.15, 0.2) is 12.1 Å². The quantitative estimate of drug-likeness (QED) is 0.363. The van der Waals surface area contributed by atoms with Crippen LogP contribution >= 0.6 is 11.6 Å². The largest absolute Gasteiger partial charge is 0.450 e. The van der Waals surface area contributed by atoms with Gasteiger partial charge >= 0.3 is 0 Å². The van der Waals surface area contributed by atoms with Gasteiger partial charge in [0.2, 0.25) is 17.4 Å². The van der Waals surface area contributed by atoms with Crippen molar-refractivity contribution in [2.45, 2.75) is 6.92 Å². The van der Waals surface area contributed by atoms with Crippen LogP contribution in [0.5, 0.6) is 11.5 Å². The number of aryl methyl sites for hydroxylation is 1. The lowest BCUT2D eigenvalue weighted by atomic mass is 10.2. The van der Waals surface area contributed by atoms with Crippen molar-refractivity contribution >= 4 is 17.3 Å². The predicted octanol–water partition coefficient (Wildman–Crippen LogP) is 4.30. The molecule has 0 atom stereocenters. The Labute approximate surface area is 125 Å². The fourth-order valence-corrected chi connectivity index (χ4v) is 1.85. The average Bonchev–Trinajstić information content (AvgIpc) is 2.43. The van der Waals surface area contributed by atoms with Gasteiger partial charge in [0.1, 0.15) is 10.8 Å². The molecule has 0 spiro atoms. The highest BCUT2D eigenvalue weighted by molar-refractivity contribution is 6.32. The maximum absolute atomic E-state index is 13.5. The second kappa shape index (κ2) is 5.76. The summed E-state index contributed by atoms with van der Waals surface area (Å²) in [6.07, 6.45) is 0. The molecule has 1 aromatic carbocycles. The van der Waals surface area contributed by atoms with Gasteiger partial charge in [-0.05, 0) is 18.6 Å². The van der Waals surface area contributed by atoms with Gasteiger partial charge in [0.05, 0.1) is 11.0 Å². The molecule has 5 nitrogen and oxygen atoms in total. The number of halogens is 5. The topological polar surface area (TPSA) is 65.3 Å². The molecule has 1 aromatic heterocycles. The SMILES string of the molecule is Cc1cc(Cl)c([N+](=O)[O-])cc1Oc1c(F)c(F)nc(F)c1F. The second-order valence-corrected chi connectivity index (χ2v) is 4.49. The third kappa shape index (κ3) is 2.80. The van der Waals surface area contributed by atoms with Crippen molar-refractivity contribution in [3.05, 3.63) is 56.4 Å². The van der Waals surface area contributed by atoms with Crippen LogP contribution in [0.2, 0.25) is 5.02 Å². The molecule has 0 saturated heterocycles. The number of rotatable bonds is 3. The van der Waals surface area contributed by atoms with Gasteiger partial charge < -0.3 is 4.74 Å². The van der Waals surface area contributed by atoms with Crippen LogP contribution in [-0.4, -0.2) is 9.91 Å². The predicted molar refractivity (Wildman–Crippen MR) is 67.0 cm³/mol. The lowest BCUT2D eigenvalue weighted by Crippen LogP contribution is -2.04. The van der Waals surface area contributed by atoms with Crippen molar-refractivity contribution in [1.82, 2.24) is 4.98 Å². The van der Waals surface area contributed by atoms with Crippen LogP contribution < -0.4 is 4.74 Å². The van der Waals surface area contributed by atoms with Crippen molar-refractivity contribution in [3.8, 4) is 11.5 Å². The van der Waals surface area contributed by atoms with Gasteiger partial charge in [-0.25, -0.2) is 0 Å². The Kier molecular flexibility index (Phi) is 4.18. The number of nitrogens with zero attached hydrogens (tertiary/aromatic N) is 2. The molecule has 0 bridgehead atoms. The highest BCUT2D eigenvalue weighted by atomic mass is 35.5. The zero-order valence-electron chi connectivity index (χ0n) is 10.7. The summed E-state index contributed by atoms with van der Waals surface area (Å²) in [5.41, 5.74) is -0.440. The van der Waals surface area contributed by atoms with E-state index in [2.05, 4.69) is 4.98 Å². The Bertz CT molecular complexity index is 759. The first-order valence-electron chi connectivity index (χ1n) is 5.54. The first-order chi connectivity index (χ1) is 10.2. The molecule has 0 saturated carbocycles. The van der Waals surface area contributed by atoms with Gasteiger partial charge in [-0.15, -0.1) is 0 Å². The molecule has 0 fully saturated rings. The van der Waals surface area contributed by atoms with Gasteiger partial charge in [-0.3, -0.25) is 10.1 Å².